The Kier molecular flexibility index (Phi) is 8.11. The maximum absolute atomic E-state index is 4.73. The first-order valence-electron chi connectivity index (χ1n) is 8.43. The summed E-state index contributed by atoms with van der Waals surface area (Å²) < 4.78 is 1.86. The Morgan fingerprint density at radius 2 is 2.15 bits per heavy atom. The van der Waals surface area contributed by atoms with Crippen molar-refractivity contribution in [3.8, 4) is 5.69 Å². The fourth-order valence-corrected chi connectivity index (χ4v) is 3.26. The largest absolute Gasteiger partial charge is 0.357 e. The Labute approximate surface area is 175 Å². The molecule has 0 saturated heterocycles. The van der Waals surface area contributed by atoms with Crippen LogP contribution in [0.25, 0.3) is 5.69 Å². The number of nitrogens with one attached hydrogen (secondary N) is 2. The number of nitrogens with zero attached hydrogens (tertiary/aromatic N) is 3. The lowest BCUT2D eigenvalue weighted by Crippen LogP contribution is -2.38. The Morgan fingerprint density at radius 3 is 2.85 bits per heavy atom. The van der Waals surface area contributed by atoms with Crippen molar-refractivity contribution in [2.45, 2.75) is 26.4 Å². The molecule has 3 rings (SSSR count). The SMILES string of the molecule is CCNC(=NCc1cccc(-n2cccn2)c1)NC(C)c1cccs1.I. The monoisotopic (exact) mass is 481 g/mol. The van der Waals surface area contributed by atoms with Crippen LogP contribution in [0.4, 0.5) is 0 Å². The van der Waals surface area contributed by atoms with Crippen LogP contribution in [0.5, 0.6) is 0 Å². The molecular weight excluding hydrogens is 457 g/mol. The van der Waals surface area contributed by atoms with Crippen molar-refractivity contribution in [2.75, 3.05) is 6.54 Å². The van der Waals surface area contributed by atoms with Crippen LogP contribution >= 0.6 is 35.3 Å². The van der Waals surface area contributed by atoms with Crippen LogP contribution < -0.4 is 10.6 Å². The van der Waals surface area contributed by atoms with E-state index in [9.17, 15) is 0 Å². The molecule has 7 heteroatoms. The van der Waals surface area contributed by atoms with Gasteiger partial charge in [-0.25, -0.2) is 9.67 Å². The van der Waals surface area contributed by atoms with Gasteiger partial charge < -0.3 is 10.6 Å². The van der Waals surface area contributed by atoms with E-state index in [0.717, 1.165) is 23.8 Å². The van der Waals surface area contributed by atoms with Crippen LogP contribution in [-0.4, -0.2) is 22.3 Å². The molecule has 138 valence electrons. The number of halogens is 1. The molecule has 5 nitrogen and oxygen atoms in total. The molecule has 2 aromatic heterocycles. The van der Waals surface area contributed by atoms with Gasteiger partial charge in [-0.15, -0.1) is 35.3 Å². The van der Waals surface area contributed by atoms with Crippen molar-refractivity contribution in [3.05, 3.63) is 70.7 Å². The fourth-order valence-electron chi connectivity index (χ4n) is 2.52. The molecule has 1 aromatic carbocycles. The standard InChI is InChI=1S/C19H23N5S.HI/c1-3-20-19(23-15(2)18-9-5-12-25-18)21-14-16-7-4-8-17(13-16)24-11-6-10-22-24;/h4-13,15H,3,14H2,1-2H3,(H2,20,21,23);1H. The summed E-state index contributed by atoms with van der Waals surface area (Å²) in [6, 6.07) is 14.6. The maximum Gasteiger partial charge on any atom is 0.192 e. The lowest BCUT2D eigenvalue weighted by Gasteiger charge is -2.16. The summed E-state index contributed by atoms with van der Waals surface area (Å²) in [6.07, 6.45) is 3.72. The normalized spacial score (nSPS) is 12.3. The van der Waals surface area contributed by atoms with Crippen molar-refractivity contribution in [3.63, 3.8) is 0 Å². The number of rotatable bonds is 6. The van der Waals surface area contributed by atoms with Gasteiger partial charge in [-0.3, -0.25) is 0 Å². The second kappa shape index (κ2) is 10.3. The lowest BCUT2D eigenvalue weighted by atomic mass is 10.2. The fraction of sp³-hybridized carbons (Fsp3) is 0.263. The Morgan fingerprint density at radius 1 is 1.27 bits per heavy atom. The summed E-state index contributed by atoms with van der Waals surface area (Å²) in [5.41, 5.74) is 2.19. The summed E-state index contributed by atoms with van der Waals surface area (Å²) in [5, 5.41) is 13.2. The van der Waals surface area contributed by atoms with Gasteiger partial charge in [0.05, 0.1) is 18.3 Å². The topological polar surface area (TPSA) is 54.2 Å². The van der Waals surface area contributed by atoms with E-state index in [2.05, 4.69) is 59.2 Å². The Balaban J connectivity index is 0.00000243. The number of guanidine groups is 1. The highest BCUT2D eigenvalue weighted by molar-refractivity contribution is 14.0. The number of hydrogen-bond acceptors (Lipinski definition) is 3. The van der Waals surface area contributed by atoms with Gasteiger partial charge in [0, 0.05) is 23.8 Å². The molecule has 1 atom stereocenters. The van der Waals surface area contributed by atoms with Crippen molar-refractivity contribution in [1.29, 1.82) is 0 Å². The van der Waals surface area contributed by atoms with Crippen LogP contribution in [0.1, 0.15) is 30.3 Å². The smallest absolute Gasteiger partial charge is 0.192 e. The zero-order valence-corrected chi connectivity index (χ0v) is 18.1. The van der Waals surface area contributed by atoms with Crippen molar-refractivity contribution in [2.24, 2.45) is 4.99 Å². The second-order valence-electron chi connectivity index (χ2n) is 5.70. The zero-order valence-electron chi connectivity index (χ0n) is 14.9. The summed E-state index contributed by atoms with van der Waals surface area (Å²) in [6.45, 7) is 5.67. The van der Waals surface area contributed by atoms with Gasteiger partial charge in [0.1, 0.15) is 0 Å². The first kappa shape index (κ1) is 20.4. The van der Waals surface area contributed by atoms with Crippen molar-refractivity contribution < 1.29 is 0 Å². The van der Waals surface area contributed by atoms with E-state index >= 15 is 0 Å². The molecule has 0 aliphatic carbocycles. The average Bonchev–Trinajstić information content (AvgIpc) is 3.33. The molecule has 0 saturated carbocycles. The van der Waals surface area contributed by atoms with Crippen molar-refractivity contribution in [1.82, 2.24) is 20.4 Å². The van der Waals surface area contributed by atoms with Crippen LogP contribution in [-0.2, 0) is 6.54 Å². The summed E-state index contributed by atoms with van der Waals surface area (Å²) in [7, 11) is 0. The first-order valence-corrected chi connectivity index (χ1v) is 9.31. The second-order valence-corrected chi connectivity index (χ2v) is 6.68. The summed E-state index contributed by atoms with van der Waals surface area (Å²) in [4.78, 5) is 6.02. The highest BCUT2D eigenvalue weighted by atomic mass is 127. The molecular formula is C19H24IN5S. The Bertz CT molecular complexity index is 799. The molecule has 0 aliphatic heterocycles. The molecule has 0 bridgehead atoms. The Hall–Kier alpha value is -1.87. The summed E-state index contributed by atoms with van der Waals surface area (Å²) in [5.74, 6) is 0.827. The third-order valence-electron chi connectivity index (χ3n) is 3.77. The molecule has 0 amide bonds. The molecule has 2 heterocycles. The highest BCUT2D eigenvalue weighted by Crippen LogP contribution is 2.18. The van der Waals surface area contributed by atoms with Crippen molar-refractivity contribution >= 4 is 41.3 Å². The van der Waals surface area contributed by atoms with Crippen LogP contribution in [0.15, 0.2) is 65.2 Å². The maximum atomic E-state index is 4.73. The van der Waals surface area contributed by atoms with Crippen LogP contribution in [0.2, 0.25) is 0 Å². The average molecular weight is 481 g/mol. The molecule has 0 radical (unpaired) electrons. The van der Waals surface area contributed by atoms with Gasteiger partial charge in [0.15, 0.2) is 5.96 Å². The van der Waals surface area contributed by atoms with E-state index in [4.69, 9.17) is 4.99 Å². The third-order valence-corrected chi connectivity index (χ3v) is 4.82. The summed E-state index contributed by atoms with van der Waals surface area (Å²) >= 11 is 1.75. The van der Waals surface area contributed by atoms with E-state index in [0.29, 0.717) is 6.54 Å². The number of benzene rings is 1. The van der Waals surface area contributed by atoms with Gasteiger partial charge in [-0.05, 0) is 49.1 Å². The molecule has 0 fully saturated rings. The number of aromatic nitrogens is 2. The van der Waals surface area contributed by atoms with Gasteiger partial charge >= 0.3 is 0 Å². The molecule has 3 aromatic rings. The van der Waals surface area contributed by atoms with Crippen LogP contribution in [0, 0.1) is 0 Å². The van der Waals surface area contributed by atoms with Gasteiger partial charge in [-0.1, -0.05) is 18.2 Å². The van der Waals surface area contributed by atoms with Gasteiger partial charge in [-0.2, -0.15) is 5.10 Å². The predicted molar refractivity (Wildman–Crippen MR) is 120 cm³/mol. The molecule has 26 heavy (non-hydrogen) atoms. The molecule has 2 N–H and O–H groups in total. The van der Waals surface area contributed by atoms with E-state index in [1.165, 1.54) is 4.88 Å². The highest BCUT2D eigenvalue weighted by Gasteiger charge is 2.08. The van der Waals surface area contributed by atoms with E-state index < -0.39 is 0 Å². The lowest BCUT2D eigenvalue weighted by molar-refractivity contribution is 0.698. The number of thiophene rings is 1. The molecule has 1 unspecified atom stereocenters. The van der Waals surface area contributed by atoms with E-state index in [-0.39, 0.29) is 30.0 Å². The minimum Gasteiger partial charge on any atom is -0.357 e. The quantitative estimate of drug-likeness (QED) is 0.313. The van der Waals surface area contributed by atoms with Crippen LogP contribution in [0.3, 0.4) is 0 Å². The van der Waals surface area contributed by atoms with Gasteiger partial charge in [0.2, 0.25) is 0 Å². The minimum absolute atomic E-state index is 0. The molecule has 0 spiro atoms. The third kappa shape index (κ3) is 5.57. The minimum atomic E-state index is 0. The first-order chi connectivity index (χ1) is 12.3. The number of aliphatic imine (C=N–C) groups is 1. The predicted octanol–water partition coefficient (Wildman–Crippen LogP) is 4.37. The number of hydrogen-bond donors (Lipinski definition) is 2. The van der Waals surface area contributed by atoms with Gasteiger partial charge in [0.25, 0.3) is 0 Å². The zero-order chi connectivity index (χ0) is 17.5. The molecule has 0 aliphatic rings. The van der Waals surface area contributed by atoms with E-state index in [1.54, 1.807) is 17.5 Å². The van der Waals surface area contributed by atoms with E-state index in [1.807, 2.05) is 29.1 Å².